The first-order valence-electron chi connectivity index (χ1n) is 7.53. The van der Waals surface area contributed by atoms with Gasteiger partial charge in [-0.1, -0.05) is 30.2 Å². The summed E-state index contributed by atoms with van der Waals surface area (Å²) in [7, 11) is 0. The number of rotatable bonds is 3. The third-order valence-corrected chi connectivity index (χ3v) is 5.23. The highest BCUT2D eigenvalue weighted by atomic mass is 35.5. The predicted octanol–water partition coefficient (Wildman–Crippen LogP) is 4.52. The van der Waals surface area contributed by atoms with E-state index in [0.717, 1.165) is 41.7 Å². The Labute approximate surface area is 121 Å². The second-order valence-electron chi connectivity index (χ2n) is 6.69. The van der Waals surface area contributed by atoms with Crippen LogP contribution >= 0.6 is 11.6 Å². The minimum Gasteiger partial charge on any atom is -0.390 e. The number of aliphatic hydroxyl groups is 1. The zero-order chi connectivity index (χ0) is 13.5. The van der Waals surface area contributed by atoms with Gasteiger partial charge in [-0.2, -0.15) is 0 Å². The molecule has 104 valence electrons. The molecule has 2 saturated carbocycles. The number of hydrogen-bond acceptors (Lipinski definition) is 1. The largest absolute Gasteiger partial charge is 0.390 e. The van der Waals surface area contributed by atoms with E-state index in [-0.39, 0.29) is 0 Å². The fourth-order valence-electron chi connectivity index (χ4n) is 3.67. The summed E-state index contributed by atoms with van der Waals surface area (Å²) in [5.41, 5.74) is 1.76. The van der Waals surface area contributed by atoms with E-state index in [1.807, 2.05) is 13.0 Å². The molecule has 1 nitrogen and oxygen atoms in total. The zero-order valence-electron chi connectivity index (χ0n) is 11.7. The van der Waals surface area contributed by atoms with Gasteiger partial charge in [0.15, 0.2) is 0 Å². The Morgan fingerprint density at radius 1 is 1.26 bits per heavy atom. The van der Waals surface area contributed by atoms with Gasteiger partial charge in [-0.15, -0.1) is 0 Å². The van der Waals surface area contributed by atoms with Gasteiger partial charge < -0.3 is 5.11 Å². The molecule has 0 spiro atoms. The lowest BCUT2D eigenvalue weighted by atomic mass is 9.73. The molecule has 19 heavy (non-hydrogen) atoms. The van der Waals surface area contributed by atoms with E-state index >= 15 is 0 Å². The molecule has 0 bridgehead atoms. The molecular weight excluding hydrogens is 256 g/mol. The van der Waals surface area contributed by atoms with Crippen molar-refractivity contribution in [1.82, 2.24) is 0 Å². The van der Waals surface area contributed by atoms with Crippen LogP contribution in [0.5, 0.6) is 0 Å². The fraction of sp³-hybridized carbons (Fsp3) is 0.647. The molecule has 1 N–H and O–H groups in total. The van der Waals surface area contributed by atoms with Gasteiger partial charge in [-0.3, -0.25) is 0 Å². The Kier molecular flexibility index (Phi) is 3.61. The normalized spacial score (nSPS) is 31.4. The van der Waals surface area contributed by atoms with Crippen LogP contribution in [0.2, 0.25) is 5.02 Å². The highest BCUT2D eigenvalue weighted by molar-refractivity contribution is 6.31. The molecule has 2 fully saturated rings. The SMILES string of the molecule is Cc1ccc(CC2(O)CCCC(C3CC3)C2)c(Cl)c1. The smallest absolute Gasteiger partial charge is 0.0691 e. The molecule has 0 heterocycles. The van der Waals surface area contributed by atoms with Gasteiger partial charge in [-0.05, 0) is 68.1 Å². The van der Waals surface area contributed by atoms with Crippen molar-refractivity contribution in [2.45, 2.75) is 57.5 Å². The molecule has 3 rings (SSSR count). The van der Waals surface area contributed by atoms with Gasteiger partial charge in [0.1, 0.15) is 0 Å². The van der Waals surface area contributed by atoms with E-state index in [1.54, 1.807) is 0 Å². The Morgan fingerprint density at radius 3 is 2.74 bits per heavy atom. The summed E-state index contributed by atoms with van der Waals surface area (Å²) < 4.78 is 0. The van der Waals surface area contributed by atoms with Crippen LogP contribution < -0.4 is 0 Å². The summed E-state index contributed by atoms with van der Waals surface area (Å²) in [4.78, 5) is 0. The molecule has 2 aliphatic carbocycles. The summed E-state index contributed by atoms with van der Waals surface area (Å²) >= 11 is 6.31. The van der Waals surface area contributed by atoms with Gasteiger partial charge in [0, 0.05) is 11.4 Å². The summed E-state index contributed by atoms with van der Waals surface area (Å²) in [5, 5.41) is 11.7. The quantitative estimate of drug-likeness (QED) is 0.862. The highest BCUT2D eigenvalue weighted by Crippen LogP contribution is 2.47. The number of halogens is 1. The summed E-state index contributed by atoms with van der Waals surface area (Å²) in [6, 6.07) is 6.17. The van der Waals surface area contributed by atoms with E-state index in [2.05, 4.69) is 12.1 Å². The highest BCUT2D eigenvalue weighted by Gasteiger charge is 2.41. The second kappa shape index (κ2) is 5.10. The molecule has 0 radical (unpaired) electrons. The molecule has 2 unspecified atom stereocenters. The van der Waals surface area contributed by atoms with Crippen LogP contribution in [0.25, 0.3) is 0 Å². The van der Waals surface area contributed by atoms with Crippen LogP contribution in [0.4, 0.5) is 0 Å². The van der Waals surface area contributed by atoms with Crippen molar-refractivity contribution in [3.8, 4) is 0 Å². The first kappa shape index (κ1) is 13.5. The van der Waals surface area contributed by atoms with Gasteiger partial charge >= 0.3 is 0 Å². The molecule has 0 aromatic heterocycles. The van der Waals surface area contributed by atoms with Crippen molar-refractivity contribution < 1.29 is 5.11 Å². The second-order valence-corrected chi connectivity index (χ2v) is 7.10. The number of hydrogen-bond donors (Lipinski definition) is 1. The Morgan fingerprint density at radius 2 is 2.05 bits per heavy atom. The van der Waals surface area contributed by atoms with E-state index in [9.17, 15) is 5.11 Å². The molecule has 0 saturated heterocycles. The number of benzene rings is 1. The van der Waals surface area contributed by atoms with E-state index < -0.39 is 5.60 Å². The van der Waals surface area contributed by atoms with Crippen LogP contribution in [0.3, 0.4) is 0 Å². The molecule has 2 heteroatoms. The van der Waals surface area contributed by atoms with Gasteiger partial charge in [-0.25, -0.2) is 0 Å². The third kappa shape index (κ3) is 3.14. The minimum atomic E-state index is -0.523. The predicted molar refractivity (Wildman–Crippen MR) is 79.5 cm³/mol. The minimum absolute atomic E-state index is 0.523. The summed E-state index contributed by atoms with van der Waals surface area (Å²) in [5.74, 6) is 1.66. The molecular formula is C17H23ClO. The van der Waals surface area contributed by atoms with Crippen molar-refractivity contribution in [2.75, 3.05) is 0 Å². The Bertz CT molecular complexity index is 466. The van der Waals surface area contributed by atoms with Crippen LogP contribution in [-0.4, -0.2) is 10.7 Å². The van der Waals surface area contributed by atoms with E-state index in [1.165, 1.54) is 31.2 Å². The lowest BCUT2D eigenvalue weighted by molar-refractivity contribution is -0.0195. The van der Waals surface area contributed by atoms with Crippen LogP contribution in [-0.2, 0) is 6.42 Å². The zero-order valence-corrected chi connectivity index (χ0v) is 12.4. The number of aryl methyl sites for hydroxylation is 1. The molecule has 2 aliphatic rings. The maximum absolute atomic E-state index is 10.9. The standard InChI is InChI=1S/C17H23ClO/c1-12-4-5-15(16(18)9-12)11-17(19)8-2-3-14(10-17)13-6-7-13/h4-5,9,13-14,19H,2-3,6-8,10-11H2,1H3. The van der Waals surface area contributed by atoms with Crippen molar-refractivity contribution in [3.05, 3.63) is 34.3 Å². The first-order valence-corrected chi connectivity index (χ1v) is 7.91. The molecule has 2 atom stereocenters. The molecule has 0 amide bonds. The van der Waals surface area contributed by atoms with E-state index in [0.29, 0.717) is 0 Å². The van der Waals surface area contributed by atoms with Crippen LogP contribution in [0, 0.1) is 18.8 Å². The Balaban J connectivity index is 1.73. The topological polar surface area (TPSA) is 20.2 Å². The first-order chi connectivity index (χ1) is 9.06. The van der Waals surface area contributed by atoms with Crippen LogP contribution in [0.15, 0.2) is 18.2 Å². The molecule has 1 aromatic rings. The fourth-order valence-corrected chi connectivity index (χ4v) is 3.97. The molecule has 1 aromatic carbocycles. The van der Waals surface area contributed by atoms with Crippen molar-refractivity contribution in [3.63, 3.8) is 0 Å². The van der Waals surface area contributed by atoms with Crippen molar-refractivity contribution >= 4 is 11.6 Å². The lowest BCUT2D eigenvalue weighted by Gasteiger charge is -2.37. The maximum atomic E-state index is 10.9. The van der Waals surface area contributed by atoms with Crippen molar-refractivity contribution in [2.24, 2.45) is 11.8 Å². The average molecular weight is 279 g/mol. The summed E-state index contributed by atoms with van der Waals surface area (Å²) in [6.45, 7) is 2.05. The van der Waals surface area contributed by atoms with E-state index in [4.69, 9.17) is 11.6 Å². The third-order valence-electron chi connectivity index (χ3n) is 4.88. The van der Waals surface area contributed by atoms with Crippen molar-refractivity contribution in [1.29, 1.82) is 0 Å². The van der Waals surface area contributed by atoms with Gasteiger partial charge in [0.05, 0.1) is 5.60 Å². The Hall–Kier alpha value is -0.530. The summed E-state index contributed by atoms with van der Waals surface area (Å²) in [6.07, 6.45) is 7.87. The molecule has 0 aliphatic heterocycles. The monoisotopic (exact) mass is 278 g/mol. The maximum Gasteiger partial charge on any atom is 0.0691 e. The van der Waals surface area contributed by atoms with Gasteiger partial charge in [0.2, 0.25) is 0 Å². The van der Waals surface area contributed by atoms with Gasteiger partial charge in [0.25, 0.3) is 0 Å². The van der Waals surface area contributed by atoms with Crippen LogP contribution in [0.1, 0.15) is 49.7 Å². The average Bonchev–Trinajstić information content (AvgIpc) is 3.17. The lowest BCUT2D eigenvalue weighted by Crippen LogP contribution is -2.38.